The molecule has 0 aromatic heterocycles. The number of hydrogen-bond donors (Lipinski definition) is 0. The van der Waals surface area contributed by atoms with E-state index < -0.39 is 0 Å². The number of ketones is 1. The fourth-order valence-electron chi connectivity index (χ4n) is 2.69. The quantitative estimate of drug-likeness (QED) is 0.538. The Balaban J connectivity index is 2.26. The van der Waals surface area contributed by atoms with Crippen LogP contribution in [0.1, 0.15) is 39.0 Å². The Kier molecular flexibility index (Phi) is 1.82. The van der Waals surface area contributed by atoms with Gasteiger partial charge in [0.25, 0.3) is 0 Å². The molecule has 0 aliphatic heterocycles. The van der Waals surface area contributed by atoms with E-state index in [1.54, 1.807) is 6.08 Å². The Bertz CT molecular complexity index is 229. The van der Waals surface area contributed by atoms with Gasteiger partial charge in [-0.05, 0) is 30.8 Å². The van der Waals surface area contributed by atoms with Gasteiger partial charge in [0.05, 0.1) is 0 Å². The summed E-state index contributed by atoms with van der Waals surface area (Å²) >= 11 is 0. The van der Waals surface area contributed by atoms with Gasteiger partial charge >= 0.3 is 0 Å². The van der Waals surface area contributed by atoms with Crippen molar-refractivity contribution in [2.75, 3.05) is 0 Å². The Hall–Kier alpha value is -0.590. The van der Waals surface area contributed by atoms with E-state index in [0.29, 0.717) is 17.1 Å². The number of fused-ring (bicyclic) bond motifs is 1. The highest BCUT2D eigenvalue weighted by Crippen LogP contribution is 2.46. The van der Waals surface area contributed by atoms with Crippen LogP contribution in [0.4, 0.5) is 0 Å². The van der Waals surface area contributed by atoms with Gasteiger partial charge in [0.15, 0.2) is 5.78 Å². The van der Waals surface area contributed by atoms with E-state index in [9.17, 15) is 4.79 Å². The van der Waals surface area contributed by atoms with Gasteiger partial charge in [0, 0.05) is 5.92 Å². The van der Waals surface area contributed by atoms with E-state index in [0.717, 1.165) is 12.8 Å². The molecule has 2 aliphatic rings. The van der Waals surface area contributed by atoms with Gasteiger partial charge < -0.3 is 0 Å². The molecule has 1 heteroatoms. The Morgan fingerprint density at radius 3 is 3.08 bits per heavy atom. The number of rotatable bonds is 0. The zero-order valence-corrected chi connectivity index (χ0v) is 7.68. The summed E-state index contributed by atoms with van der Waals surface area (Å²) in [7, 11) is 0. The summed E-state index contributed by atoms with van der Waals surface area (Å²) in [6, 6.07) is 0. The molecule has 1 fully saturated rings. The van der Waals surface area contributed by atoms with Crippen LogP contribution >= 0.6 is 0 Å². The van der Waals surface area contributed by atoms with Gasteiger partial charge in [0.2, 0.25) is 0 Å². The molecule has 2 atom stereocenters. The molecule has 0 saturated heterocycles. The fourth-order valence-corrected chi connectivity index (χ4v) is 2.69. The van der Waals surface area contributed by atoms with E-state index >= 15 is 0 Å². The maximum atomic E-state index is 11.5. The summed E-state index contributed by atoms with van der Waals surface area (Å²) in [6.07, 6.45) is 9.90. The molecule has 1 saturated carbocycles. The summed E-state index contributed by atoms with van der Waals surface area (Å²) in [5.74, 6) is 0.722. The molecule has 0 heterocycles. The van der Waals surface area contributed by atoms with Gasteiger partial charge in [-0.2, -0.15) is 0 Å². The van der Waals surface area contributed by atoms with Crippen LogP contribution < -0.4 is 0 Å². The van der Waals surface area contributed by atoms with Crippen LogP contribution in [0.25, 0.3) is 0 Å². The first kappa shape index (κ1) is 8.03. The highest BCUT2D eigenvalue weighted by Gasteiger charge is 2.40. The van der Waals surface area contributed by atoms with Crippen LogP contribution in [0.15, 0.2) is 12.2 Å². The van der Waals surface area contributed by atoms with Crippen molar-refractivity contribution in [3.8, 4) is 0 Å². The second-order valence-electron chi connectivity index (χ2n) is 4.46. The smallest absolute Gasteiger partial charge is 0.158 e. The molecular formula is C11H16O. The maximum Gasteiger partial charge on any atom is 0.158 e. The summed E-state index contributed by atoms with van der Waals surface area (Å²) in [5.41, 5.74) is 0.310. The number of carbonyl (C=O) groups is 1. The monoisotopic (exact) mass is 164 g/mol. The molecular weight excluding hydrogens is 148 g/mol. The lowest BCUT2D eigenvalue weighted by Gasteiger charge is -2.41. The summed E-state index contributed by atoms with van der Waals surface area (Å²) in [4.78, 5) is 11.5. The normalized spacial score (nSPS) is 41.1. The van der Waals surface area contributed by atoms with E-state index in [1.165, 1.54) is 19.3 Å². The Labute approximate surface area is 73.8 Å². The summed E-state index contributed by atoms with van der Waals surface area (Å²) < 4.78 is 0. The van der Waals surface area contributed by atoms with Gasteiger partial charge in [-0.15, -0.1) is 0 Å². The predicted molar refractivity (Wildman–Crippen MR) is 48.8 cm³/mol. The molecule has 0 aromatic rings. The lowest BCUT2D eigenvalue weighted by Crippen LogP contribution is -2.37. The molecule has 12 heavy (non-hydrogen) atoms. The van der Waals surface area contributed by atoms with E-state index in [1.807, 2.05) is 0 Å². The zero-order chi connectivity index (χ0) is 8.60. The molecule has 0 radical (unpaired) electrons. The highest BCUT2D eigenvalue weighted by molar-refractivity contribution is 5.93. The number of allylic oxidation sites excluding steroid dienone is 2. The molecule has 2 rings (SSSR count). The van der Waals surface area contributed by atoms with Gasteiger partial charge in [-0.25, -0.2) is 0 Å². The Morgan fingerprint density at radius 1 is 1.50 bits per heavy atom. The van der Waals surface area contributed by atoms with Crippen molar-refractivity contribution < 1.29 is 4.79 Å². The largest absolute Gasteiger partial charge is 0.295 e. The molecule has 66 valence electrons. The predicted octanol–water partition coefficient (Wildman–Crippen LogP) is 2.71. The number of carbonyl (C=O) groups excluding carboxylic acids is 1. The molecule has 0 bridgehead atoms. The second-order valence-corrected chi connectivity index (χ2v) is 4.46. The minimum atomic E-state index is 0.310. The van der Waals surface area contributed by atoms with Crippen molar-refractivity contribution in [1.29, 1.82) is 0 Å². The van der Waals surface area contributed by atoms with Gasteiger partial charge in [-0.3, -0.25) is 4.79 Å². The molecule has 0 spiro atoms. The minimum absolute atomic E-state index is 0.310. The third kappa shape index (κ3) is 1.12. The van der Waals surface area contributed by atoms with Crippen LogP contribution in [-0.4, -0.2) is 5.78 Å². The van der Waals surface area contributed by atoms with Crippen LogP contribution in [-0.2, 0) is 4.79 Å². The fraction of sp³-hybridized carbons (Fsp3) is 0.727. The molecule has 0 unspecified atom stereocenters. The van der Waals surface area contributed by atoms with Crippen LogP contribution in [0.2, 0.25) is 0 Å². The third-order valence-corrected chi connectivity index (χ3v) is 3.54. The maximum absolute atomic E-state index is 11.5. The number of hydrogen-bond acceptors (Lipinski definition) is 1. The van der Waals surface area contributed by atoms with E-state index in [-0.39, 0.29) is 0 Å². The standard InChI is InChI=1S/C11H16O/c1-11-7-3-2-5-9(11)10(12)6-4-8-11/h4,6,9H,2-3,5,7-8H2,1H3/t9-,11+/m1/s1. The zero-order valence-electron chi connectivity index (χ0n) is 7.68. The summed E-state index contributed by atoms with van der Waals surface area (Å²) in [6.45, 7) is 2.28. The topological polar surface area (TPSA) is 17.1 Å². The van der Waals surface area contributed by atoms with E-state index in [2.05, 4.69) is 13.0 Å². The van der Waals surface area contributed by atoms with Crippen molar-refractivity contribution in [3.05, 3.63) is 12.2 Å². The van der Waals surface area contributed by atoms with Crippen molar-refractivity contribution in [2.45, 2.75) is 39.0 Å². The second kappa shape index (κ2) is 2.72. The molecule has 0 aromatic carbocycles. The lowest BCUT2D eigenvalue weighted by molar-refractivity contribution is -0.124. The molecule has 0 N–H and O–H groups in total. The SMILES string of the molecule is C[C@]12CC=CC(=O)[C@H]1CCCC2. The summed E-state index contributed by atoms with van der Waals surface area (Å²) in [5, 5.41) is 0. The van der Waals surface area contributed by atoms with E-state index in [4.69, 9.17) is 0 Å². The van der Waals surface area contributed by atoms with Crippen LogP contribution in [0, 0.1) is 11.3 Å². The average Bonchev–Trinajstić information content (AvgIpc) is 2.04. The molecule has 1 nitrogen and oxygen atoms in total. The first-order valence-electron chi connectivity index (χ1n) is 4.93. The van der Waals surface area contributed by atoms with Gasteiger partial charge in [-0.1, -0.05) is 25.8 Å². The molecule has 0 amide bonds. The minimum Gasteiger partial charge on any atom is -0.295 e. The first-order valence-corrected chi connectivity index (χ1v) is 4.93. The third-order valence-electron chi connectivity index (χ3n) is 3.54. The van der Waals surface area contributed by atoms with Crippen molar-refractivity contribution >= 4 is 5.78 Å². The molecule has 2 aliphatic carbocycles. The van der Waals surface area contributed by atoms with Gasteiger partial charge in [0.1, 0.15) is 0 Å². The average molecular weight is 164 g/mol. The highest BCUT2D eigenvalue weighted by atomic mass is 16.1. The van der Waals surface area contributed by atoms with Crippen LogP contribution in [0.3, 0.4) is 0 Å². The van der Waals surface area contributed by atoms with Crippen molar-refractivity contribution in [2.24, 2.45) is 11.3 Å². The van der Waals surface area contributed by atoms with Crippen molar-refractivity contribution in [3.63, 3.8) is 0 Å². The lowest BCUT2D eigenvalue weighted by atomic mass is 9.62. The first-order chi connectivity index (χ1) is 5.72. The van der Waals surface area contributed by atoms with Crippen molar-refractivity contribution in [1.82, 2.24) is 0 Å². The Morgan fingerprint density at radius 2 is 2.33 bits per heavy atom. The van der Waals surface area contributed by atoms with Crippen LogP contribution in [0.5, 0.6) is 0 Å².